The number of anilines is 3. The standard InChI is InChI=1S/C25H28N8O4.ClH/c1-16-13-17(3-4-26-16)24-28-19(15-36-24)23(34)27-18-14-20-21(29-22(18)32-7-5-31(2)6-8-32)30-25(37-20)33-9-11-35-12-10-33;/h3-4,13-15H,5-12H2,1-2H3,(H,27,34);1H. The molecule has 38 heavy (non-hydrogen) atoms. The van der Waals surface area contributed by atoms with Gasteiger partial charge in [-0.15, -0.1) is 12.4 Å². The lowest BCUT2D eigenvalue weighted by atomic mass is 10.2. The van der Waals surface area contributed by atoms with E-state index in [1.54, 1.807) is 18.3 Å². The predicted molar refractivity (Wildman–Crippen MR) is 144 cm³/mol. The van der Waals surface area contributed by atoms with Crippen LogP contribution in [-0.2, 0) is 4.74 Å². The number of carbonyl (C=O) groups excluding carboxylic acids is 1. The summed E-state index contributed by atoms with van der Waals surface area (Å²) in [5.41, 5.74) is 3.30. The molecule has 4 aromatic rings. The van der Waals surface area contributed by atoms with Crippen molar-refractivity contribution in [2.75, 3.05) is 74.6 Å². The van der Waals surface area contributed by atoms with Gasteiger partial charge in [0.25, 0.3) is 11.9 Å². The lowest BCUT2D eigenvalue weighted by molar-refractivity contribution is 0.102. The molecule has 0 atom stereocenters. The van der Waals surface area contributed by atoms with Crippen molar-refractivity contribution < 1.29 is 18.4 Å². The molecule has 0 aromatic carbocycles. The maximum absolute atomic E-state index is 13.2. The predicted octanol–water partition coefficient (Wildman–Crippen LogP) is 2.84. The van der Waals surface area contributed by atoms with Crippen LogP contribution >= 0.6 is 12.4 Å². The van der Waals surface area contributed by atoms with Gasteiger partial charge >= 0.3 is 0 Å². The second kappa shape index (κ2) is 10.9. The minimum atomic E-state index is -0.398. The van der Waals surface area contributed by atoms with Crippen LogP contribution in [0.15, 0.2) is 39.5 Å². The molecule has 2 aliphatic rings. The van der Waals surface area contributed by atoms with Gasteiger partial charge in [-0.3, -0.25) is 9.78 Å². The van der Waals surface area contributed by atoms with Gasteiger partial charge in [0.05, 0.1) is 18.9 Å². The second-order valence-electron chi connectivity index (χ2n) is 9.25. The number of nitrogens with one attached hydrogen (secondary N) is 1. The van der Waals surface area contributed by atoms with Gasteiger partial charge in [-0.2, -0.15) is 4.98 Å². The van der Waals surface area contributed by atoms with Crippen molar-refractivity contribution in [2.45, 2.75) is 6.92 Å². The SMILES string of the molecule is Cc1cc(-c2nc(C(=O)Nc3cc4oc(N5CCOCC5)nc4nc3N3CCN(C)CC3)co2)ccn1.Cl. The molecule has 6 heterocycles. The average Bonchev–Trinajstić information content (AvgIpc) is 3.57. The Morgan fingerprint density at radius 3 is 2.55 bits per heavy atom. The van der Waals surface area contributed by atoms with Crippen molar-refractivity contribution >= 4 is 47.1 Å². The van der Waals surface area contributed by atoms with Crippen LogP contribution in [0.2, 0.25) is 0 Å². The van der Waals surface area contributed by atoms with E-state index < -0.39 is 5.91 Å². The molecule has 2 fully saturated rings. The van der Waals surface area contributed by atoms with Crippen LogP contribution in [-0.4, -0.2) is 90.3 Å². The van der Waals surface area contributed by atoms with Gasteiger partial charge in [-0.1, -0.05) is 0 Å². The van der Waals surface area contributed by atoms with E-state index in [4.69, 9.17) is 18.6 Å². The molecular formula is C25H29ClN8O4. The number of aryl methyl sites for hydroxylation is 1. The molecule has 6 rings (SSSR count). The first-order chi connectivity index (χ1) is 18.0. The number of morpholine rings is 1. The molecule has 0 unspecified atom stereocenters. The highest BCUT2D eigenvalue weighted by Gasteiger charge is 2.25. The number of rotatable bonds is 5. The number of amides is 1. The van der Waals surface area contributed by atoms with Crippen LogP contribution in [0.25, 0.3) is 22.7 Å². The van der Waals surface area contributed by atoms with E-state index in [0.717, 1.165) is 37.4 Å². The van der Waals surface area contributed by atoms with Gasteiger partial charge in [0.15, 0.2) is 17.1 Å². The van der Waals surface area contributed by atoms with Crippen molar-refractivity contribution in [1.82, 2.24) is 24.8 Å². The summed E-state index contributed by atoms with van der Waals surface area (Å²) in [5, 5.41) is 2.98. The first-order valence-electron chi connectivity index (χ1n) is 12.3. The molecule has 0 spiro atoms. The molecular weight excluding hydrogens is 512 g/mol. The van der Waals surface area contributed by atoms with Crippen LogP contribution in [0, 0.1) is 6.92 Å². The lowest BCUT2D eigenvalue weighted by Gasteiger charge is -2.34. The second-order valence-corrected chi connectivity index (χ2v) is 9.25. The highest BCUT2D eigenvalue weighted by Crippen LogP contribution is 2.32. The Morgan fingerprint density at radius 1 is 1.00 bits per heavy atom. The minimum Gasteiger partial charge on any atom is -0.444 e. The molecule has 1 amide bonds. The summed E-state index contributed by atoms with van der Waals surface area (Å²) in [6, 6.07) is 5.94. The van der Waals surface area contributed by atoms with Crippen LogP contribution in [0.1, 0.15) is 16.2 Å². The number of likely N-dealkylation sites (N-methyl/N-ethyl adjacent to an activating group) is 1. The van der Waals surface area contributed by atoms with Crippen LogP contribution in [0.3, 0.4) is 0 Å². The van der Waals surface area contributed by atoms with Crippen molar-refractivity contribution in [3.05, 3.63) is 42.0 Å². The van der Waals surface area contributed by atoms with E-state index in [1.165, 1.54) is 6.26 Å². The molecule has 0 saturated carbocycles. The largest absolute Gasteiger partial charge is 0.444 e. The maximum Gasteiger partial charge on any atom is 0.300 e. The Hall–Kier alpha value is -3.74. The van der Waals surface area contributed by atoms with Crippen LogP contribution < -0.4 is 15.1 Å². The fourth-order valence-corrected chi connectivity index (χ4v) is 4.46. The first-order valence-corrected chi connectivity index (χ1v) is 12.3. The zero-order chi connectivity index (χ0) is 25.4. The number of hydrogen-bond acceptors (Lipinski definition) is 11. The molecule has 0 bridgehead atoms. The maximum atomic E-state index is 13.2. The van der Waals surface area contributed by atoms with Crippen molar-refractivity contribution in [2.24, 2.45) is 0 Å². The fourth-order valence-electron chi connectivity index (χ4n) is 4.46. The highest BCUT2D eigenvalue weighted by atomic mass is 35.5. The summed E-state index contributed by atoms with van der Waals surface area (Å²) < 4.78 is 17.1. The normalized spacial score (nSPS) is 16.5. The molecule has 0 radical (unpaired) electrons. The number of ether oxygens (including phenoxy) is 1. The molecule has 2 saturated heterocycles. The highest BCUT2D eigenvalue weighted by molar-refractivity contribution is 6.05. The van der Waals surface area contributed by atoms with Crippen LogP contribution in [0.4, 0.5) is 17.5 Å². The summed E-state index contributed by atoms with van der Waals surface area (Å²) >= 11 is 0. The van der Waals surface area contributed by atoms with E-state index in [-0.39, 0.29) is 18.1 Å². The molecule has 2 aliphatic heterocycles. The Bertz CT molecular complexity index is 1430. The number of fused-ring (bicyclic) bond motifs is 1. The topological polar surface area (TPSA) is 126 Å². The average molecular weight is 541 g/mol. The van der Waals surface area contributed by atoms with Gasteiger partial charge in [-0.05, 0) is 26.1 Å². The third kappa shape index (κ3) is 5.28. The quantitative estimate of drug-likeness (QED) is 0.401. The Kier molecular flexibility index (Phi) is 7.45. The Morgan fingerprint density at radius 2 is 1.79 bits per heavy atom. The first kappa shape index (κ1) is 25.9. The molecule has 12 nitrogen and oxygen atoms in total. The number of halogens is 1. The number of piperazine rings is 1. The summed E-state index contributed by atoms with van der Waals surface area (Å²) in [7, 11) is 2.09. The van der Waals surface area contributed by atoms with Gasteiger partial charge in [-0.25, -0.2) is 9.97 Å². The van der Waals surface area contributed by atoms with E-state index in [1.807, 2.05) is 17.9 Å². The minimum absolute atomic E-state index is 0. The Labute approximate surface area is 225 Å². The van der Waals surface area contributed by atoms with Gasteiger partial charge < -0.3 is 33.6 Å². The Balaban J connectivity index is 0.00000294. The third-order valence-electron chi connectivity index (χ3n) is 6.56. The van der Waals surface area contributed by atoms with Crippen molar-refractivity contribution in [3.63, 3.8) is 0 Å². The smallest absolute Gasteiger partial charge is 0.300 e. The molecule has 13 heteroatoms. The summed E-state index contributed by atoms with van der Waals surface area (Å²) in [6.07, 6.45) is 3.04. The number of aromatic nitrogens is 4. The molecule has 1 N–H and O–H groups in total. The number of hydrogen-bond donors (Lipinski definition) is 1. The number of nitrogens with zero attached hydrogens (tertiary/aromatic N) is 7. The molecule has 200 valence electrons. The monoisotopic (exact) mass is 540 g/mol. The summed E-state index contributed by atoms with van der Waals surface area (Å²) in [6.45, 7) is 7.88. The summed E-state index contributed by atoms with van der Waals surface area (Å²) in [5.74, 6) is 0.614. The zero-order valence-electron chi connectivity index (χ0n) is 21.2. The van der Waals surface area contributed by atoms with E-state index in [9.17, 15) is 4.79 Å². The molecule has 4 aromatic heterocycles. The van der Waals surface area contributed by atoms with E-state index in [2.05, 4.69) is 37.1 Å². The van der Waals surface area contributed by atoms with Gasteiger partial charge in [0.1, 0.15) is 6.26 Å². The van der Waals surface area contributed by atoms with Gasteiger partial charge in [0, 0.05) is 62.8 Å². The van der Waals surface area contributed by atoms with Crippen molar-refractivity contribution in [3.8, 4) is 11.5 Å². The number of carbonyl (C=O) groups is 1. The van der Waals surface area contributed by atoms with Gasteiger partial charge in [0.2, 0.25) is 11.5 Å². The lowest BCUT2D eigenvalue weighted by Crippen LogP contribution is -2.45. The number of oxazole rings is 2. The summed E-state index contributed by atoms with van der Waals surface area (Å²) in [4.78, 5) is 37.7. The van der Waals surface area contributed by atoms with Crippen LogP contribution in [0.5, 0.6) is 0 Å². The third-order valence-corrected chi connectivity index (χ3v) is 6.56. The molecule has 0 aliphatic carbocycles. The van der Waals surface area contributed by atoms with Crippen molar-refractivity contribution in [1.29, 1.82) is 0 Å². The van der Waals surface area contributed by atoms with E-state index in [0.29, 0.717) is 60.9 Å². The number of pyridine rings is 2. The fraction of sp³-hybridized carbons (Fsp3) is 0.400. The zero-order valence-corrected chi connectivity index (χ0v) is 22.0. The van der Waals surface area contributed by atoms with E-state index >= 15 is 0 Å².